The lowest BCUT2D eigenvalue weighted by molar-refractivity contribution is -0.139. The molecule has 0 saturated carbocycles. The molecule has 0 bridgehead atoms. The van der Waals surface area contributed by atoms with Gasteiger partial charge in [-0.1, -0.05) is 6.07 Å². The average Bonchev–Trinajstić information content (AvgIpc) is 3.03. The van der Waals surface area contributed by atoms with E-state index in [2.05, 4.69) is 10.3 Å². The Bertz CT molecular complexity index is 877. The van der Waals surface area contributed by atoms with Gasteiger partial charge in [0, 0.05) is 23.6 Å². The van der Waals surface area contributed by atoms with Gasteiger partial charge < -0.3 is 19.5 Å². The van der Waals surface area contributed by atoms with Gasteiger partial charge in [-0.15, -0.1) is 0 Å². The average molecular weight is 368 g/mol. The number of anilines is 1. The summed E-state index contributed by atoms with van der Waals surface area (Å²) >= 11 is 0. The highest BCUT2D eigenvalue weighted by molar-refractivity contribution is 6.19. The van der Waals surface area contributed by atoms with Crippen molar-refractivity contribution in [2.75, 3.05) is 18.5 Å². The Morgan fingerprint density at radius 1 is 1.33 bits per heavy atom. The van der Waals surface area contributed by atoms with E-state index < -0.39 is 11.8 Å². The Hall–Kier alpha value is -3.35. The molecule has 1 aromatic heterocycles. The number of hydrogen-bond acceptors (Lipinski definition) is 7. The van der Waals surface area contributed by atoms with E-state index in [1.807, 2.05) is 25.1 Å². The number of pyridine rings is 1. The summed E-state index contributed by atoms with van der Waals surface area (Å²) in [5, 5.41) is 3.00. The fourth-order valence-electron chi connectivity index (χ4n) is 2.56. The standard InChI is InChI=1S/C20H20N2O5/c1-3-25-20(24)18-17(23)12-27-19(18)22-16-7-6-15(9-13(16)2)26-11-14-5-4-8-21-10-14/h4-10,22H,3,11-12H2,1-2H3. The van der Waals surface area contributed by atoms with Gasteiger partial charge in [-0.05, 0) is 43.7 Å². The summed E-state index contributed by atoms with van der Waals surface area (Å²) in [4.78, 5) is 27.9. The van der Waals surface area contributed by atoms with E-state index >= 15 is 0 Å². The van der Waals surface area contributed by atoms with Gasteiger partial charge in [0.25, 0.3) is 0 Å². The van der Waals surface area contributed by atoms with Crippen LogP contribution in [0.5, 0.6) is 5.75 Å². The number of carbonyl (C=O) groups is 2. The molecule has 3 rings (SSSR count). The summed E-state index contributed by atoms with van der Waals surface area (Å²) in [7, 11) is 0. The third-order valence-corrected chi connectivity index (χ3v) is 3.91. The number of Topliss-reactive ketones (excluding diaryl/α,β-unsaturated/α-hetero) is 1. The Morgan fingerprint density at radius 3 is 2.89 bits per heavy atom. The number of esters is 1. The van der Waals surface area contributed by atoms with E-state index in [9.17, 15) is 9.59 Å². The van der Waals surface area contributed by atoms with E-state index in [4.69, 9.17) is 14.2 Å². The van der Waals surface area contributed by atoms with Crippen LogP contribution in [0.25, 0.3) is 0 Å². The van der Waals surface area contributed by atoms with Crippen molar-refractivity contribution in [1.82, 2.24) is 4.98 Å². The van der Waals surface area contributed by atoms with E-state index in [0.29, 0.717) is 18.0 Å². The molecule has 0 unspecified atom stereocenters. The second kappa shape index (κ2) is 8.35. The quantitative estimate of drug-likeness (QED) is 0.594. The number of aromatic nitrogens is 1. The zero-order valence-corrected chi connectivity index (χ0v) is 15.2. The van der Waals surface area contributed by atoms with Crippen LogP contribution >= 0.6 is 0 Å². The molecule has 1 N–H and O–H groups in total. The summed E-state index contributed by atoms with van der Waals surface area (Å²) < 4.78 is 16.0. The molecular weight excluding hydrogens is 348 g/mol. The van der Waals surface area contributed by atoms with Gasteiger partial charge in [-0.3, -0.25) is 9.78 Å². The highest BCUT2D eigenvalue weighted by atomic mass is 16.5. The summed E-state index contributed by atoms with van der Waals surface area (Å²) in [6.07, 6.45) is 3.46. The normalized spacial score (nSPS) is 13.3. The van der Waals surface area contributed by atoms with Crippen molar-refractivity contribution in [3.63, 3.8) is 0 Å². The molecule has 0 atom stereocenters. The zero-order valence-electron chi connectivity index (χ0n) is 15.2. The molecule has 0 amide bonds. The van der Waals surface area contributed by atoms with Crippen molar-refractivity contribution in [1.29, 1.82) is 0 Å². The first-order valence-corrected chi connectivity index (χ1v) is 8.55. The van der Waals surface area contributed by atoms with Gasteiger partial charge in [-0.2, -0.15) is 0 Å². The molecule has 0 spiro atoms. The van der Waals surface area contributed by atoms with Gasteiger partial charge in [0.15, 0.2) is 12.2 Å². The molecule has 27 heavy (non-hydrogen) atoms. The lowest BCUT2D eigenvalue weighted by atomic mass is 10.1. The van der Waals surface area contributed by atoms with Crippen molar-refractivity contribution >= 4 is 17.4 Å². The van der Waals surface area contributed by atoms with Crippen molar-refractivity contribution in [3.05, 3.63) is 65.3 Å². The molecule has 1 aliphatic rings. The SMILES string of the molecule is CCOC(=O)C1=C(Nc2ccc(OCc3cccnc3)cc2C)OCC1=O. The van der Waals surface area contributed by atoms with Gasteiger partial charge >= 0.3 is 5.97 Å². The van der Waals surface area contributed by atoms with Crippen LogP contribution in [0.2, 0.25) is 0 Å². The minimum atomic E-state index is -0.684. The number of nitrogens with one attached hydrogen (secondary N) is 1. The van der Waals surface area contributed by atoms with Crippen LogP contribution in [0, 0.1) is 6.92 Å². The van der Waals surface area contributed by atoms with E-state index in [1.54, 1.807) is 31.5 Å². The fraction of sp³-hybridized carbons (Fsp3) is 0.250. The van der Waals surface area contributed by atoms with Crippen LogP contribution in [-0.2, 0) is 25.7 Å². The number of benzene rings is 1. The highest BCUT2D eigenvalue weighted by Crippen LogP contribution is 2.26. The van der Waals surface area contributed by atoms with E-state index in [-0.39, 0.29) is 24.7 Å². The van der Waals surface area contributed by atoms with Gasteiger partial charge in [0.05, 0.1) is 6.61 Å². The number of nitrogens with zero attached hydrogens (tertiary/aromatic N) is 1. The second-order valence-corrected chi connectivity index (χ2v) is 5.89. The molecule has 140 valence electrons. The molecule has 2 aromatic rings. The molecule has 0 saturated heterocycles. The van der Waals surface area contributed by atoms with Gasteiger partial charge in [0.2, 0.25) is 11.7 Å². The van der Waals surface area contributed by atoms with E-state index in [0.717, 1.165) is 11.1 Å². The summed E-state index contributed by atoms with van der Waals surface area (Å²) in [6.45, 7) is 3.99. The van der Waals surface area contributed by atoms with Crippen LogP contribution in [-0.4, -0.2) is 30.0 Å². The topological polar surface area (TPSA) is 86.8 Å². The molecule has 0 fully saturated rings. The molecule has 7 nitrogen and oxygen atoms in total. The largest absolute Gasteiger partial charge is 0.489 e. The maximum absolute atomic E-state index is 12.0. The molecule has 1 aromatic carbocycles. The maximum Gasteiger partial charge on any atom is 0.347 e. The maximum atomic E-state index is 12.0. The molecule has 0 radical (unpaired) electrons. The Labute approximate surface area is 157 Å². The highest BCUT2D eigenvalue weighted by Gasteiger charge is 2.32. The number of ether oxygens (including phenoxy) is 3. The summed E-state index contributed by atoms with van der Waals surface area (Å²) in [6, 6.07) is 9.26. The number of hydrogen-bond donors (Lipinski definition) is 1. The van der Waals surface area contributed by atoms with Crippen LogP contribution in [0.1, 0.15) is 18.1 Å². The Morgan fingerprint density at radius 2 is 2.19 bits per heavy atom. The first-order valence-electron chi connectivity index (χ1n) is 8.55. The number of ketones is 1. The lowest BCUT2D eigenvalue weighted by Crippen LogP contribution is -2.16. The number of aryl methyl sites for hydroxylation is 1. The van der Waals surface area contributed by atoms with Crippen LogP contribution in [0.3, 0.4) is 0 Å². The third kappa shape index (κ3) is 4.44. The predicted molar refractivity (Wildman–Crippen MR) is 98.0 cm³/mol. The monoisotopic (exact) mass is 368 g/mol. The Balaban J connectivity index is 1.72. The minimum Gasteiger partial charge on any atom is -0.489 e. The lowest BCUT2D eigenvalue weighted by Gasteiger charge is -2.13. The molecule has 0 aliphatic carbocycles. The van der Waals surface area contributed by atoms with Crippen molar-refractivity contribution in [2.24, 2.45) is 0 Å². The summed E-state index contributed by atoms with van der Waals surface area (Å²) in [5.74, 6) is -0.267. The van der Waals surface area contributed by atoms with Crippen molar-refractivity contribution < 1.29 is 23.8 Å². The van der Waals surface area contributed by atoms with Crippen LogP contribution < -0.4 is 10.1 Å². The Kier molecular flexibility index (Phi) is 5.71. The van der Waals surface area contributed by atoms with Crippen molar-refractivity contribution in [2.45, 2.75) is 20.5 Å². The number of rotatable bonds is 7. The van der Waals surface area contributed by atoms with Crippen LogP contribution in [0.15, 0.2) is 54.2 Å². The fourth-order valence-corrected chi connectivity index (χ4v) is 2.56. The minimum absolute atomic E-state index is 0.0897. The third-order valence-electron chi connectivity index (χ3n) is 3.91. The first kappa shape index (κ1) is 18.4. The zero-order chi connectivity index (χ0) is 19.2. The van der Waals surface area contributed by atoms with Crippen LogP contribution in [0.4, 0.5) is 5.69 Å². The smallest absolute Gasteiger partial charge is 0.347 e. The van der Waals surface area contributed by atoms with Gasteiger partial charge in [-0.25, -0.2) is 4.79 Å². The summed E-state index contributed by atoms with van der Waals surface area (Å²) in [5.41, 5.74) is 2.46. The predicted octanol–water partition coefficient (Wildman–Crippen LogP) is 2.75. The molecule has 2 heterocycles. The first-order chi connectivity index (χ1) is 13.1. The van der Waals surface area contributed by atoms with Gasteiger partial charge in [0.1, 0.15) is 12.4 Å². The van der Waals surface area contributed by atoms with Crippen molar-refractivity contribution in [3.8, 4) is 5.75 Å². The molecule has 1 aliphatic heterocycles. The molecular formula is C20H20N2O5. The van der Waals surface area contributed by atoms with E-state index in [1.165, 1.54) is 0 Å². The molecule has 7 heteroatoms. The second-order valence-electron chi connectivity index (χ2n) is 5.89. The number of carbonyl (C=O) groups excluding carboxylic acids is 2.